The molecule has 0 radical (unpaired) electrons. The van der Waals surface area contributed by atoms with Crippen molar-refractivity contribution < 1.29 is 13.9 Å². The summed E-state index contributed by atoms with van der Waals surface area (Å²) in [7, 11) is 3.38. The lowest BCUT2D eigenvalue weighted by molar-refractivity contribution is 0.0723. The van der Waals surface area contributed by atoms with Gasteiger partial charge in [-0.1, -0.05) is 0 Å². The Morgan fingerprint density at radius 1 is 1.41 bits per heavy atom. The summed E-state index contributed by atoms with van der Waals surface area (Å²) in [6, 6.07) is 5.57. The molecular formula is C13H18FNO2. The number of nitrogens with zero attached hydrogens (tertiary/aromatic N) is 1. The van der Waals surface area contributed by atoms with Crippen molar-refractivity contribution in [2.24, 2.45) is 0 Å². The minimum Gasteiger partial charge on any atom is -0.382 e. The van der Waals surface area contributed by atoms with E-state index in [1.807, 2.05) is 6.92 Å². The van der Waals surface area contributed by atoms with Crippen LogP contribution < -0.4 is 0 Å². The van der Waals surface area contributed by atoms with E-state index < -0.39 is 0 Å². The molecule has 1 aromatic carbocycles. The molecule has 1 rings (SSSR count). The first-order valence-electron chi connectivity index (χ1n) is 5.58. The number of hydrogen-bond donors (Lipinski definition) is 0. The Morgan fingerprint density at radius 2 is 2.00 bits per heavy atom. The maximum Gasteiger partial charge on any atom is 0.253 e. The van der Waals surface area contributed by atoms with Crippen LogP contribution in [0.5, 0.6) is 0 Å². The van der Waals surface area contributed by atoms with E-state index in [9.17, 15) is 9.18 Å². The SMILES string of the molecule is COC(C)CCN(C)C(=O)c1ccc(F)cc1. The third-order valence-corrected chi connectivity index (χ3v) is 2.71. The standard InChI is InChI=1S/C13H18FNO2/c1-10(17-3)8-9-15(2)13(16)11-4-6-12(14)7-5-11/h4-7,10H,8-9H2,1-3H3. The normalized spacial score (nSPS) is 12.2. The summed E-state index contributed by atoms with van der Waals surface area (Å²) in [5.74, 6) is -0.439. The number of rotatable bonds is 5. The number of benzene rings is 1. The number of methoxy groups -OCH3 is 1. The molecule has 0 bridgehead atoms. The minimum absolute atomic E-state index is 0.103. The summed E-state index contributed by atoms with van der Waals surface area (Å²) in [4.78, 5) is 13.5. The molecule has 0 aliphatic carbocycles. The average molecular weight is 239 g/mol. The van der Waals surface area contributed by atoms with Gasteiger partial charge >= 0.3 is 0 Å². The first-order valence-corrected chi connectivity index (χ1v) is 5.58. The van der Waals surface area contributed by atoms with Gasteiger partial charge in [0.15, 0.2) is 0 Å². The van der Waals surface area contributed by atoms with Crippen LogP contribution in [-0.4, -0.2) is 37.6 Å². The predicted molar refractivity (Wildman–Crippen MR) is 64.4 cm³/mol. The van der Waals surface area contributed by atoms with Crippen molar-refractivity contribution in [3.05, 3.63) is 35.6 Å². The topological polar surface area (TPSA) is 29.5 Å². The molecule has 1 amide bonds. The van der Waals surface area contributed by atoms with Crippen LogP contribution in [0.25, 0.3) is 0 Å². The average Bonchev–Trinajstić information content (AvgIpc) is 2.35. The van der Waals surface area contributed by atoms with Crippen LogP contribution in [0, 0.1) is 5.82 Å². The van der Waals surface area contributed by atoms with Gasteiger partial charge < -0.3 is 9.64 Å². The van der Waals surface area contributed by atoms with Gasteiger partial charge in [-0.3, -0.25) is 4.79 Å². The highest BCUT2D eigenvalue weighted by Crippen LogP contribution is 2.07. The fourth-order valence-corrected chi connectivity index (χ4v) is 1.41. The third kappa shape index (κ3) is 4.15. The molecule has 17 heavy (non-hydrogen) atoms. The molecule has 0 heterocycles. The molecule has 0 aliphatic heterocycles. The van der Waals surface area contributed by atoms with Crippen molar-refractivity contribution in [2.75, 3.05) is 20.7 Å². The molecule has 0 aliphatic rings. The molecule has 1 unspecified atom stereocenters. The number of amides is 1. The largest absolute Gasteiger partial charge is 0.382 e. The van der Waals surface area contributed by atoms with E-state index in [2.05, 4.69) is 0 Å². The molecule has 1 atom stereocenters. The predicted octanol–water partition coefficient (Wildman–Crippen LogP) is 2.32. The van der Waals surface area contributed by atoms with E-state index in [1.165, 1.54) is 24.3 Å². The van der Waals surface area contributed by atoms with Gasteiger partial charge in [0.2, 0.25) is 0 Å². The highest BCUT2D eigenvalue weighted by atomic mass is 19.1. The summed E-state index contributed by atoms with van der Waals surface area (Å²) in [6.07, 6.45) is 0.901. The Balaban J connectivity index is 2.54. The molecular weight excluding hydrogens is 221 g/mol. The van der Waals surface area contributed by atoms with Gasteiger partial charge in [0, 0.05) is 26.3 Å². The van der Waals surface area contributed by atoms with Crippen LogP contribution in [0.3, 0.4) is 0 Å². The Morgan fingerprint density at radius 3 is 2.53 bits per heavy atom. The monoisotopic (exact) mass is 239 g/mol. The van der Waals surface area contributed by atoms with Crippen molar-refractivity contribution >= 4 is 5.91 Å². The van der Waals surface area contributed by atoms with E-state index in [1.54, 1.807) is 19.1 Å². The molecule has 0 saturated heterocycles. The lowest BCUT2D eigenvalue weighted by atomic mass is 10.2. The fraction of sp³-hybridized carbons (Fsp3) is 0.462. The zero-order valence-electron chi connectivity index (χ0n) is 10.4. The first kappa shape index (κ1) is 13.6. The highest BCUT2D eigenvalue weighted by molar-refractivity contribution is 5.93. The van der Waals surface area contributed by atoms with Gasteiger partial charge in [-0.25, -0.2) is 4.39 Å². The lowest BCUT2D eigenvalue weighted by Gasteiger charge is -2.19. The molecule has 3 nitrogen and oxygen atoms in total. The van der Waals surface area contributed by atoms with Crippen molar-refractivity contribution in [2.45, 2.75) is 19.4 Å². The second-order valence-electron chi connectivity index (χ2n) is 4.07. The lowest BCUT2D eigenvalue weighted by Crippen LogP contribution is -2.29. The summed E-state index contributed by atoms with van der Waals surface area (Å²) >= 11 is 0. The summed E-state index contributed by atoms with van der Waals surface area (Å²) in [5, 5.41) is 0. The van der Waals surface area contributed by atoms with Gasteiger partial charge in [0.1, 0.15) is 5.82 Å². The van der Waals surface area contributed by atoms with Crippen LogP contribution in [0.15, 0.2) is 24.3 Å². The maximum atomic E-state index is 12.7. The Bertz CT molecular complexity index is 364. The Kier molecular flexibility index (Phi) is 5.10. The van der Waals surface area contributed by atoms with E-state index in [0.717, 1.165) is 6.42 Å². The van der Waals surface area contributed by atoms with Crippen molar-refractivity contribution in [1.29, 1.82) is 0 Å². The van der Waals surface area contributed by atoms with Gasteiger partial charge in [-0.2, -0.15) is 0 Å². The van der Waals surface area contributed by atoms with E-state index in [-0.39, 0.29) is 17.8 Å². The third-order valence-electron chi connectivity index (χ3n) is 2.71. The quantitative estimate of drug-likeness (QED) is 0.789. The number of hydrogen-bond acceptors (Lipinski definition) is 2. The second-order valence-corrected chi connectivity index (χ2v) is 4.07. The molecule has 0 aromatic heterocycles. The molecule has 4 heteroatoms. The fourth-order valence-electron chi connectivity index (χ4n) is 1.41. The van der Waals surface area contributed by atoms with Gasteiger partial charge in [-0.15, -0.1) is 0 Å². The molecule has 0 fully saturated rings. The zero-order valence-corrected chi connectivity index (χ0v) is 10.4. The van der Waals surface area contributed by atoms with Crippen molar-refractivity contribution in [3.8, 4) is 0 Å². The number of halogens is 1. The van der Waals surface area contributed by atoms with Gasteiger partial charge in [-0.05, 0) is 37.6 Å². The van der Waals surface area contributed by atoms with Gasteiger partial charge in [0.25, 0.3) is 5.91 Å². The van der Waals surface area contributed by atoms with Crippen molar-refractivity contribution in [3.63, 3.8) is 0 Å². The van der Waals surface area contributed by atoms with Crippen molar-refractivity contribution in [1.82, 2.24) is 4.90 Å². The van der Waals surface area contributed by atoms with Crippen LogP contribution in [0.2, 0.25) is 0 Å². The van der Waals surface area contributed by atoms with Gasteiger partial charge in [0.05, 0.1) is 6.10 Å². The molecule has 0 spiro atoms. The molecule has 1 aromatic rings. The Hall–Kier alpha value is -1.42. The van der Waals surface area contributed by atoms with Crippen LogP contribution >= 0.6 is 0 Å². The highest BCUT2D eigenvalue weighted by Gasteiger charge is 2.12. The first-order chi connectivity index (χ1) is 8.04. The number of carbonyl (C=O) groups is 1. The summed E-state index contributed by atoms with van der Waals surface area (Å²) in [5.41, 5.74) is 0.499. The second kappa shape index (κ2) is 6.35. The molecule has 0 saturated carbocycles. The van der Waals surface area contributed by atoms with Crippen LogP contribution in [-0.2, 0) is 4.74 Å². The van der Waals surface area contributed by atoms with E-state index in [0.29, 0.717) is 12.1 Å². The maximum absolute atomic E-state index is 12.7. The minimum atomic E-state index is -0.336. The number of carbonyl (C=O) groups excluding carboxylic acids is 1. The molecule has 0 N–H and O–H groups in total. The summed E-state index contributed by atoms with van der Waals surface area (Å²) < 4.78 is 17.8. The smallest absolute Gasteiger partial charge is 0.253 e. The number of ether oxygens (including phenoxy) is 1. The van der Waals surface area contributed by atoms with Crippen LogP contribution in [0.1, 0.15) is 23.7 Å². The zero-order chi connectivity index (χ0) is 12.8. The summed E-state index contributed by atoms with van der Waals surface area (Å²) in [6.45, 7) is 2.57. The van der Waals surface area contributed by atoms with E-state index in [4.69, 9.17) is 4.74 Å². The van der Waals surface area contributed by atoms with Crippen LogP contribution in [0.4, 0.5) is 4.39 Å². The molecule has 94 valence electrons. The van der Waals surface area contributed by atoms with E-state index >= 15 is 0 Å². The Labute approximate surface area is 101 Å².